The van der Waals surface area contributed by atoms with Crippen LogP contribution in [0.4, 0.5) is 4.79 Å². The van der Waals surface area contributed by atoms with Crippen molar-refractivity contribution in [3.63, 3.8) is 0 Å². The summed E-state index contributed by atoms with van der Waals surface area (Å²) < 4.78 is 7.16. The van der Waals surface area contributed by atoms with Crippen LogP contribution in [0, 0.1) is 5.92 Å². The number of aliphatic hydroxyl groups is 1. The fraction of sp³-hybridized carbons (Fsp3) is 0.778. The minimum absolute atomic E-state index is 0.184. The van der Waals surface area contributed by atoms with E-state index >= 15 is 0 Å². The van der Waals surface area contributed by atoms with Gasteiger partial charge in [0, 0.05) is 32.2 Å². The van der Waals surface area contributed by atoms with Crippen LogP contribution >= 0.6 is 0 Å². The van der Waals surface area contributed by atoms with Crippen LogP contribution in [0.25, 0.3) is 0 Å². The van der Waals surface area contributed by atoms with E-state index in [0.29, 0.717) is 18.6 Å². The van der Waals surface area contributed by atoms with Crippen LogP contribution in [0.1, 0.15) is 50.1 Å². The van der Waals surface area contributed by atoms with E-state index in [-0.39, 0.29) is 12.2 Å². The average Bonchev–Trinajstić information content (AvgIpc) is 3.39. The van der Waals surface area contributed by atoms with Gasteiger partial charge in [0.25, 0.3) is 0 Å². The molecular formula is C18H28N4O3. The summed E-state index contributed by atoms with van der Waals surface area (Å²) in [7, 11) is 0. The minimum Gasteiger partial charge on any atom is -0.450 e. The van der Waals surface area contributed by atoms with Gasteiger partial charge in [-0.15, -0.1) is 0 Å². The molecule has 0 radical (unpaired) electrons. The molecule has 0 aromatic carbocycles. The van der Waals surface area contributed by atoms with Gasteiger partial charge in [-0.05, 0) is 44.6 Å². The van der Waals surface area contributed by atoms with Crippen molar-refractivity contribution in [3.8, 4) is 0 Å². The Morgan fingerprint density at radius 3 is 2.72 bits per heavy atom. The Kier molecular flexibility index (Phi) is 4.69. The van der Waals surface area contributed by atoms with Crippen molar-refractivity contribution >= 4 is 6.09 Å². The third-order valence-electron chi connectivity index (χ3n) is 5.72. The fourth-order valence-electron chi connectivity index (χ4n) is 4.05. The normalized spacial score (nSPS) is 23.4. The van der Waals surface area contributed by atoms with E-state index in [1.807, 2.05) is 11.8 Å². The predicted octanol–water partition coefficient (Wildman–Crippen LogP) is 1.76. The second-order valence-corrected chi connectivity index (χ2v) is 7.45. The molecule has 0 bridgehead atoms. The Morgan fingerprint density at radius 1 is 1.28 bits per heavy atom. The molecule has 7 nitrogen and oxygen atoms in total. The standard InChI is InChI=1S/C18H28N4O3/c1-2-25-18(24)20-7-5-14(6-8-20)21-9-10-22-15(12-21)11-16(19-22)17(23)13-3-4-13/h11,13-14,17,23H,2-10,12H2,1H3/t17-/m0/s1. The highest BCUT2D eigenvalue weighted by Gasteiger charge is 2.34. The Labute approximate surface area is 148 Å². The van der Waals surface area contributed by atoms with Crippen LogP contribution in [-0.4, -0.2) is 63.1 Å². The van der Waals surface area contributed by atoms with Crippen molar-refractivity contribution in [3.05, 3.63) is 17.5 Å². The molecule has 138 valence electrons. The number of aliphatic hydroxyl groups excluding tert-OH is 1. The molecule has 1 amide bonds. The summed E-state index contributed by atoms with van der Waals surface area (Å²) >= 11 is 0. The zero-order chi connectivity index (χ0) is 17.4. The lowest BCUT2D eigenvalue weighted by Crippen LogP contribution is -2.48. The molecule has 25 heavy (non-hydrogen) atoms. The summed E-state index contributed by atoms with van der Waals surface area (Å²) in [5.74, 6) is 0.417. The number of amides is 1. The predicted molar refractivity (Wildman–Crippen MR) is 91.9 cm³/mol. The molecular weight excluding hydrogens is 320 g/mol. The molecule has 1 aromatic heterocycles. The monoisotopic (exact) mass is 348 g/mol. The number of carbonyl (C=O) groups excluding carboxylic acids is 1. The van der Waals surface area contributed by atoms with Crippen molar-refractivity contribution in [2.75, 3.05) is 26.2 Å². The number of hydrogen-bond donors (Lipinski definition) is 1. The van der Waals surface area contributed by atoms with Crippen molar-refractivity contribution in [1.82, 2.24) is 19.6 Å². The number of ether oxygens (including phenoxy) is 1. The molecule has 1 saturated carbocycles. The van der Waals surface area contributed by atoms with Gasteiger partial charge in [-0.3, -0.25) is 9.58 Å². The molecule has 1 N–H and O–H groups in total. The maximum absolute atomic E-state index is 11.8. The second kappa shape index (κ2) is 6.96. The van der Waals surface area contributed by atoms with Crippen LogP contribution in [-0.2, 0) is 17.8 Å². The van der Waals surface area contributed by atoms with E-state index in [2.05, 4.69) is 20.7 Å². The third-order valence-corrected chi connectivity index (χ3v) is 5.72. The maximum Gasteiger partial charge on any atom is 0.409 e. The average molecular weight is 348 g/mol. The largest absolute Gasteiger partial charge is 0.450 e. The fourth-order valence-corrected chi connectivity index (χ4v) is 4.05. The molecule has 1 aromatic rings. The first-order chi connectivity index (χ1) is 12.2. The smallest absolute Gasteiger partial charge is 0.409 e. The Bertz CT molecular complexity index is 620. The number of fused-ring (bicyclic) bond motifs is 1. The molecule has 1 atom stereocenters. The lowest BCUT2D eigenvalue weighted by Gasteiger charge is -2.39. The van der Waals surface area contributed by atoms with Gasteiger partial charge in [-0.2, -0.15) is 5.10 Å². The Balaban J connectivity index is 1.34. The van der Waals surface area contributed by atoms with Gasteiger partial charge in [0.15, 0.2) is 0 Å². The van der Waals surface area contributed by atoms with Crippen molar-refractivity contribution < 1.29 is 14.6 Å². The molecule has 0 spiro atoms. The number of rotatable bonds is 4. The molecule has 7 heteroatoms. The molecule has 4 rings (SSSR count). The maximum atomic E-state index is 11.8. The number of aromatic nitrogens is 2. The van der Waals surface area contributed by atoms with E-state index in [4.69, 9.17) is 4.74 Å². The highest BCUT2D eigenvalue weighted by molar-refractivity contribution is 5.67. The number of carbonyl (C=O) groups is 1. The molecule has 2 aliphatic heterocycles. The van der Waals surface area contributed by atoms with E-state index in [1.54, 1.807) is 0 Å². The van der Waals surface area contributed by atoms with Gasteiger partial charge >= 0.3 is 6.09 Å². The Morgan fingerprint density at radius 2 is 2.04 bits per heavy atom. The highest BCUT2D eigenvalue weighted by atomic mass is 16.6. The quantitative estimate of drug-likeness (QED) is 0.898. The number of likely N-dealkylation sites (tertiary alicyclic amines) is 1. The highest BCUT2D eigenvalue weighted by Crippen LogP contribution is 2.40. The number of hydrogen-bond acceptors (Lipinski definition) is 5. The van der Waals surface area contributed by atoms with Gasteiger partial charge in [-0.25, -0.2) is 4.79 Å². The first-order valence-electron chi connectivity index (χ1n) is 9.56. The summed E-state index contributed by atoms with van der Waals surface area (Å²) in [6.07, 6.45) is 3.65. The molecule has 1 aliphatic carbocycles. The van der Waals surface area contributed by atoms with E-state index < -0.39 is 0 Å². The summed E-state index contributed by atoms with van der Waals surface area (Å²) in [6.45, 7) is 6.56. The topological polar surface area (TPSA) is 70.8 Å². The van der Waals surface area contributed by atoms with Gasteiger partial charge in [0.2, 0.25) is 0 Å². The van der Waals surface area contributed by atoms with Crippen LogP contribution in [0.5, 0.6) is 0 Å². The molecule has 3 aliphatic rings. The second-order valence-electron chi connectivity index (χ2n) is 7.45. The van der Waals surface area contributed by atoms with E-state index in [1.165, 1.54) is 5.69 Å². The zero-order valence-corrected chi connectivity index (χ0v) is 14.9. The van der Waals surface area contributed by atoms with Crippen molar-refractivity contribution in [2.24, 2.45) is 5.92 Å². The molecule has 0 unspecified atom stereocenters. The van der Waals surface area contributed by atoms with E-state index in [9.17, 15) is 9.90 Å². The summed E-state index contributed by atoms with van der Waals surface area (Å²) in [5, 5.41) is 14.9. The number of nitrogens with zero attached hydrogens (tertiary/aromatic N) is 4. The summed E-state index contributed by atoms with van der Waals surface area (Å²) in [5.41, 5.74) is 2.05. The summed E-state index contributed by atoms with van der Waals surface area (Å²) in [6, 6.07) is 2.59. The number of piperidine rings is 1. The molecule has 3 heterocycles. The summed E-state index contributed by atoms with van der Waals surface area (Å²) in [4.78, 5) is 16.2. The van der Waals surface area contributed by atoms with Gasteiger partial charge in [0.1, 0.15) is 6.10 Å². The van der Waals surface area contributed by atoms with Crippen molar-refractivity contribution in [2.45, 2.75) is 57.8 Å². The first-order valence-corrected chi connectivity index (χ1v) is 9.56. The lowest BCUT2D eigenvalue weighted by atomic mass is 10.0. The lowest BCUT2D eigenvalue weighted by molar-refractivity contribution is 0.0647. The Hall–Kier alpha value is -1.60. The zero-order valence-electron chi connectivity index (χ0n) is 14.9. The van der Waals surface area contributed by atoms with Crippen LogP contribution in [0.15, 0.2) is 6.07 Å². The van der Waals surface area contributed by atoms with Gasteiger partial charge in [0.05, 0.1) is 24.5 Å². The van der Waals surface area contributed by atoms with E-state index in [0.717, 1.165) is 64.1 Å². The minimum atomic E-state index is -0.389. The van der Waals surface area contributed by atoms with Gasteiger partial charge in [-0.1, -0.05) is 0 Å². The van der Waals surface area contributed by atoms with Crippen LogP contribution in [0.3, 0.4) is 0 Å². The molecule has 1 saturated heterocycles. The molecule has 2 fully saturated rings. The van der Waals surface area contributed by atoms with Crippen LogP contribution < -0.4 is 0 Å². The SMILES string of the molecule is CCOC(=O)N1CCC(N2CCn3nc([C@@H](O)C4CC4)cc3C2)CC1. The van der Waals surface area contributed by atoms with Gasteiger partial charge < -0.3 is 14.7 Å². The first kappa shape index (κ1) is 16.8. The third kappa shape index (κ3) is 3.53. The van der Waals surface area contributed by atoms with Crippen LogP contribution in [0.2, 0.25) is 0 Å². The van der Waals surface area contributed by atoms with Crippen molar-refractivity contribution in [1.29, 1.82) is 0 Å².